The summed E-state index contributed by atoms with van der Waals surface area (Å²) in [4.78, 5) is 12.1. The van der Waals surface area contributed by atoms with Crippen molar-refractivity contribution in [3.8, 4) is 11.5 Å². The minimum absolute atomic E-state index is 0.0190. The number of ether oxygens (including phenoxy) is 1. The molecule has 0 bridgehead atoms. The molecule has 0 fully saturated rings. The van der Waals surface area contributed by atoms with Crippen LogP contribution in [-0.4, -0.2) is 24.3 Å². The van der Waals surface area contributed by atoms with E-state index >= 15 is 0 Å². The van der Waals surface area contributed by atoms with Gasteiger partial charge in [-0.05, 0) is 46.9 Å². The van der Waals surface area contributed by atoms with Crippen molar-refractivity contribution in [1.82, 2.24) is 5.43 Å². The van der Waals surface area contributed by atoms with Crippen molar-refractivity contribution in [2.75, 3.05) is 7.11 Å². The average molecular weight is 326 g/mol. The average Bonchev–Trinajstić information content (AvgIpc) is 2.54. The molecule has 2 aromatic carbocycles. The van der Waals surface area contributed by atoms with Crippen LogP contribution in [0, 0.1) is 0 Å². The highest BCUT2D eigenvalue weighted by Crippen LogP contribution is 2.25. The van der Waals surface area contributed by atoms with Crippen molar-refractivity contribution >= 4 is 12.1 Å². The summed E-state index contributed by atoms with van der Waals surface area (Å²) in [5.74, 6) is 0.116. The Balaban J connectivity index is 2.01. The van der Waals surface area contributed by atoms with Crippen LogP contribution in [0.5, 0.6) is 11.5 Å². The van der Waals surface area contributed by atoms with Crippen molar-refractivity contribution in [2.24, 2.45) is 5.10 Å². The summed E-state index contributed by atoms with van der Waals surface area (Å²) in [6.45, 7) is 6.37. The molecular formula is C19H22N2O3. The molecule has 0 heterocycles. The molecule has 5 heteroatoms. The van der Waals surface area contributed by atoms with Gasteiger partial charge < -0.3 is 9.84 Å². The van der Waals surface area contributed by atoms with Gasteiger partial charge >= 0.3 is 0 Å². The number of amides is 1. The van der Waals surface area contributed by atoms with Crippen molar-refractivity contribution in [1.29, 1.82) is 0 Å². The van der Waals surface area contributed by atoms with Crippen LogP contribution < -0.4 is 10.2 Å². The van der Waals surface area contributed by atoms with E-state index in [1.807, 2.05) is 12.1 Å². The van der Waals surface area contributed by atoms with Gasteiger partial charge in [-0.25, -0.2) is 5.43 Å². The first-order chi connectivity index (χ1) is 11.3. The molecule has 0 atom stereocenters. The number of nitrogens with one attached hydrogen (secondary N) is 1. The lowest BCUT2D eigenvalue weighted by Crippen LogP contribution is -2.18. The Kier molecular flexibility index (Phi) is 5.24. The first-order valence-corrected chi connectivity index (χ1v) is 7.62. The van der Waals surface area contributed by atoms with E-state index in [1.165, 1.54) is 19.4 Å². The molecule has 126 valence electrons. The number of aromatic hydroxyl groups is 1. The lowest BCUT2D eigenvalue weighted by Gasteiger charge is -2.18. The predicted octanol–water partition coefficient (Wildman–Crippen LogP) is 3.46. The summed E-state index contributed by atoms with van der Waals surface area (Å²) in [5.41, 5.74) is 4.87. The fourth-order valence-electron chi connectivity index (χ4n) is 2.14. The van der Waals surface area contributed by atoms with Crippen LogP contribution in [0.4, 0.5) is 0 Å². The number of hydrazone groups is 1. The number of hydrogen-bond donors (Lipinski definition) is 2. The molecular weight excluding hydrogens is 304 g/mol. The number of carbonyl (C=O) groups excluding carboxylic acids is 1. The minimum atomic E-state index is -0.288. The summed E-state index contributed by atoms with van der Waals surface area (Å²) >= 11 is 0. The van der Waals surface area contributed by atoms with E-state index in [4.69, 9.17) is 4.74 Å². The molecule has 0 saturated carbocycles. The number of rotatable bonds is 4. The van der Waals surface area contributed by atoms with Crippen LogP contribution in [0.1, 0.15) is 42.3 Å². The second-order valence-electron chi connectivity index (χ2n) is 6.46. The van der Waals surface area contributed by atoms with Crippen LogP contribution in [0.15, 0.2) is 47.6 Å². The second kappa shape index (κ2) is 7.17. The monoisotopic (exact) mass is 326 g/mol. The number of phenols is 1. The molecule has 2 rings (SSSR count). The van der Waals surface area contributed by atoms with E-state index in [0.29, 0.717) is 16.9 Å². The zero-order valence-electron chi connectivity index (χ0n) is 14.3. The predicted molar refractivity (Wildman–Crippen MR) is 94.9 cm³/mol. The van der Waals surface area contributed by atoms with Crippen LogP contribution in [-0.2, 0) is 5.41 Å². The van der Waals surface area contributed by atoms with Gasteiger partial charge in [0.15, 0.2) is 11.5 Å². The van der Waals surface area contributed by atoms with Gasteiger partial charge in [-0.2, -0.15) is 5.10 Å². The van der Waals surface area contributed by atoms with Crippen molar-refractivity contribution < 1.29 is 14.6 Å². The highest BCUT2D eigenvalue weighted by Gasteiger charge is 2.14. The van der Waals surface area contributed by atoms with Crippen molar-refractivity contribution in [2.45, 2.75) is 26.2 Å². The maximum atomic E-state index is 12.1. The molecule has 0 radical (unpaired) electrons. The van der Waals surface area contributed by atoms with E-state index in [-0.39, 0.29) is 17.1 Å². The Morgan fingerprint density at radius 3 is 2.38 bits per heavy atom. The third-order valence-electron chi connectivity index (χ3n) is 3.60. The molecule has 0 aliphatic heterocycles. The zero-order chi connectivity index (χ0) is 17.7. The van der Waals surface area contributed by atoms with Crippen LogP contribution in [0.25, 0.3) is 0 Å². The Hall–Kier alpha value is -2.82. The lowest BCUT2D eigenvalue weighted by atomic mass is 9.87. The molecule has 0 aromatic heterocycles. The number of nitrogens with zero attached hydrogens (tertiary/aromatic N) is 1. The zero-order valence-corrected chi connectivity index (χ0v) is 14.3. The Labute approximate surface area is 142 Å². The maximum absolute atomic E-state index is 12.1. The van der Waals surface area contributed by atoms with Crippen molar-refractivity contribution in [3.63, 3.8) is 0 Å². The summed E-state index contributed by atoms with van der Waals surface area (Å²) in [7, 11) is 1.48. The molecule has 1 amide bonds. The molecule has 5 nitrogen and oxygen atoms in total. The molecule has 0 saturated heterocycles. The summed E-state index contributed by atoms with van der Waals surface area (Å²) < 4.78 is 4.97. The molecule has 0 aliphatic carbocycles. The maximum Gasteiger partial charge on any atom is 0.271 e. The minimum Gasteiger partial charge on any atom is -0.504 e. The highest BCUT2D eigenvalue weighted by atomic mass is 16.5. The number of hydrogen-bond acceptors (Lipinski definition) is 4. The molecule has 0 spiro atoms. The molecule has 0 unspecified atom stereocenters. The fourth-order valence-corrected chi connectivity index (χ4v) is 2.14. The summed E-state index contributed by atoms with van der Waals surface area (Å²) in [6.07, 6.45) is 1.46. The van der Waals surface area contributed by atoms with Gasteiger partial charge in [0.2, 0.25) is 0 Å². The standard InChI is InChI=1S/C19H22N2O3/c1-19(2,3)15-8-6-14(7-9-15)18(23)21-20-12-13-5-10-17(24-4)16(22)11-13/h5-12,22H,1-4H3,(H,21,23)/b20-12+. The van der Waals surface area contributed by atoms with E-state index in [2.05, 4.69) is 31.3 Å². The lowest BCUT2D eigenvalue weighted by molar-refractivity contribution is 0.0955. The van der Waals surface area contributed by atoms with Gasteiger partial charge in [0, 0.05) is 5.56 Å². The molecule has 2 N–H and O–H groups in total. The smallest absolute Gasteiger partial charge is 0.271 e. The highest BCUT2D eigenvalue weighted by molar-refractivity contribution is 5.95. The Morgan fingerprint density at radius 2 is 1.83 bits per heavy atom. The Bertz CT molecular complexity index is 744. The largest absolute Gasteiger partial charge is 0.504 e. The van der Waals surface area contributed by atoms with Gasteiger partial charge in [0.1, 0.15) is 0 Å². The topological polar surface area (TPSA) is 70.9 Å². The molecule has 0 aliphatic rings. The SMILES string of the molecule is COc1ccc(/C=N/NC(=O)c2ccc(C(C)(C)C)cc2)cc1O. The van der Waals surface area contributed by atoms with Crippen LogP contribution >= 0.6 is 0 Å². The normalized spacial score (nSPS) is 11.5. The first kappa shape index (κ1) is 17.5. The van der Waals surface area contributed by atoms with Gasteiger partial charge in [0.05, 0.1) is 13.3 Å². The first-order valence-electron chi connectivity index (χ1n) is 7.62. The number of benzene rings is 2. The van der Waals surface area contributed by atoms with Crippen LogP contribution in [0.2, 0.25) is 0 Å². The third kappa shape index (κ3) is 4.35. The second-order valence-corrected chi connectivity index (χ2v) is 6.46. The van der Waals surface area contributed by atoms with E-state index in [1.54, 1.807) is 24.3 Å². The summed E-state index contributed by atoms with van der Waals surface area (Å²) in [6, 6.07) is 12.3. The number of carbonyl (C=O) groups is 1. The van der Waals surface area contributed by atoms with E-state index in [9.17, 15) is 9.90 Å². The van der Waals surface area contributed by atoms with E-state index < -0.39 is 0 Å². The molecule has 24 heavy (non-hydrogen) atoms. The third-order valence-corrected chi connectivity index (χ3v) is 3.60. The number of methoxy groups -OCH3 is 1. The fraction of sp³-hybridized carbons (Fsp3) is 0.263. The van der Waals surface area contributed by atoms with Gasteiger partial charge in [-0.15, -0.1) is 0 Å². The Morgan fingerprint density at radius 1 is 1.17 bits per heavy atom. The quantitative estimate of drug-likeness (QED) is 0.667. The van der Waals surface area contributed by atoms with Gasteiger partial charge in [0.25, 0.3) is 5.91 Å². The van der Waals surface area contributed by atoms with Gasteiger partial charge in [-0.1, -0.05) is 32.9 Å². The van der Waals surface area contributed by atoms with E-state index in [0.717, 1.165) is 5.56 Å². The van der Waals surface area contributed by atoms with Crippen molar-refractivity contribution in [3.05, 3.63) is 59.2 Å². The molecule has 2 aromatic rings. The summed E-state index contributed by atoms with van der Waals surface area (Å²) in [5, 5.41) is 13.6. The van der Waals surface area contributed by atoms with Gasteiger partial charge in [-0.3, -0.25) is 4.79 Å². The number of phenolic OH excluding ortho intramolecular Hbond substituents is 1. The van der Waals surface area contributed by atoms with Crippen LogP contribution in [0.3, 0.4) is 0 Å².